The standard InChI is InChI=1S/C12H11N5O5/c1-7-3-11(15(2)14-7)13-12(18)8-4-9(16(19)20)6-10(5-8)17(21)22/h3-6H,1-2H3,(H,13,18). The summed E-state index contributed by atoms with van der Waals surface area (Å²) < 4.78 is 1.42. The average molecular weight is 305 g/mol. The number of hydrogen-bond acceptors (Lipinski definition) is 6. The number of benzene rings is 1. The number of non-ortho nitro benzene ring substituents is 2. The minimum absolute atomic E-state index is 0.181. The fourth-order valence-electron chi connectivity index (χ4n) is 1.85. The molecule has 0 spiro atoms. The van der Waals surface area contributed by atoms with Crippen LogP contribution >= 0.6 is 0 Å². The first kappa shape index (κ1) is 15.1. The molecule has 0 atom stereocenters. The van der Waals surface area contributed by atoms with E-state index < -0.39 is 27.1 Å². The number of hydrogen-bond donors (Lipinski definition) is 1. The van der Waals surface area contributed by atoms with Crippen LogP contribution in [0.5, 0.6) is 0 Å². The van der Waals surface area contributed by atoms with Crippen molar-refractivity contribution in [2.75, 3.05) is 5.32 Å². The number of anilines is 1. The number of nitrogens with zero attached hydrogens (tertiary/aromatic N) is 4. The van der Waals surface area contributed by atoms with E-state index in [0.29, 0.717) is 11.5 Å². The van der Waals surface area contributed by atoms with E-state index >= 15 is 0 Å². The van der Waals surface area contributed by atoms with Gasteiger partial charge in [0.2, 0.25) is 0 Å². The maximum Gasteiger partial charge on any atom is 0.277 e. The third kappa shape index (κ3) is 3.06. The SMILES string of the molecule is Cc1cc(NC(=O)c2cc([N+](=O)[O-])cc([N+](=O)[O-])c2)n(C)n1. The number of nitro benzene ring substituents is 2. The zero-order valence-corrected chi connectivity index (χ0v) is 11.6. The second-order valence-electron chi connectivity index (χ2n) is 4.50. The van der Waals surface area contributed by atoms with Crippen molar-refractivity contribution in [1.82, 2.24) is 9.78 Å². The number of carbonyl (C=O) groups is 1. The quantitative estimate of drug-likeness (QED) is 0.676. The van der Waals surface area contributed by atoms with Crippen molar-refractivity contribution in [2.45, 2.75) is 6.92 Å². The Kier molecular flexibility index (Phi) is 3.84. The third-order valence-corrected chi connectivity index (χ3v) is 2.83. The largest absolute Gasteiger partial charge is 0.307 e. The molecule has 0 saturated carbocycles. The summed E-state index contributed by atoms with van der Waals surface area (Å²) in [4.78, 5) is 32.1. The van der Waals surface area contributed by atoms with Crippen LogP contribution in [0.1, 0.15) is 16.1 Å². The first-order chi connectivity index (χ1) is 10.3. The number of rotatable bonds is 4. The Morgan fingerprint density at radius 1 is 1.14 bits per heavy atom. The summed E-state index contributed by atoms with van der Waals surface area (Å²) in [6, 6.07) is 4.35. The van der Waals surface area contributed by atoms with E-state index in [0.717, 1.165) is 18.2 Å². The highest BCUT2D eigenvalue weighted by Gasteiger charge is 2.20. The van der Waals surface area contributed by atoms with Crippen molar-refractivity contribution in [1.29, 1.82) is 0 Å². The van der Waals surface area contributed by atoms with Gasteiger partial charge >= 0.3 is 0 Å². The lowest BCUT2D eigenvalue weighted by atomic mass is 10.1. The van der Waals surface area contributed by atoms with Crippen LogP contribution in [0.3, 0.4) is 0 Å². The predicted molar refractivity (Wildman–Crippen MR) is 75.6 cm³/mol. The van der Waals surface area contributed by atoms with E-state index in [1.54, 1.807) is 20.0 Å². The molecule has 10 nitrogen and oxygen atoms in total. The van der Waals surface area contributed by atoms with Crippen LogP contribution < -0.4 is 5.32 Å². The number of aromatic nitrogens is 2. The fourth-order valence-corrected chi connectivity index (χ4v) is 1.85. The third-order valence-electron chi connectivity index (χ3n) is 2.83. The molecular weight excluding hydrogens is 294 g/mol. The number of aryl methyl sites for hydroxylation is 2. The smallest absolute Gasteiger partial charge is 0.277 e. The minimum atomic E-state index is -0.794. The highest BCUT2D eigenvalue weighted by molar-refractivity contribution is 6.04. The van der Waals surface area contributed by atoms with E-state index in [9.17, 15) is 25.0 Å². The fraction of sp³-hybridized carbons (Fsp3) is 0.167. The van der Waals surface area contributed by atoms with Gasteiger partial charge in [-0.3, -0.25) is 29.7 Å². The summed E-state index contributed by atoms with van der Waals surface area (Å²) in [6.07, 6.45) is 0. The molecule has 1 heterocycles. The van der Waals surface area contributed by atoms with Crippen molar-refractivity contribution in [3.8, 4) is 0 Å². The van der Waals surface area contributed by atoms with Gasteiger partial charge in [-0.05, 0) is 6.92 Å². The molecule has 0 fully saturated rings. The summed E-state index contributed by atoms with van der Waals surface area (Å²) in [6.45, 7) is 1.73. The number of carbonyl (C=O) groups excluding carboxylic acids is 1. The van der Waals surface area contributed by atoms with Crippen molar-refractivity contribution in [3.63, 3.8) is 0 Å². The van der Waals surface area contributed by atoms with E-state index in [4.69, 9.17) is 0 Å². The second kappa shape index (κ2) is 5.60. The normalized spacial score (nSPS) is 10.3. The summed E-state index contributed by atoms with van der Waals surface area (Å²) in [5.74, 6) is -0.327. The van der Waals surface area contributed by atoms with Crippen molar-refractivity contribution in [3.05, 3.63) is 55.8 Å². The van der Waals surface area contributed by atoms with Crippen molar-refractivity contribution >= 4 is 23.1 Å². The van der Waals surface area contributed by atoms with Crippen LogP contribution in [0.15, 0.2) is 24.3 Å². The molecule has 0 aliphatic heterocycles. The van der Waals surface area contributed by atoms with Gasteiger partial charge in [0.1, 0.15) is 5.82 Å². The molecule has 114 valence electrons. The van der Waals surface area contributed by atoms with Gasteiger partial charge < -0.3 is 5.32 Å². The minimum Gasteiger partial charge on any atom is -0.307 e. The number of nitro groups is 2. The van der Waals surface area contributed by atoms with Crippen molar-refractivity contribution in [2.24, 2.45) is 7.05 Å². The second-order valence-corrected chi connectivity index (χ2v) is 4.50. The number of amides is 1. The van der Waals surface area contributed by atoms with Crippen LogP contribution in [0, 0.1) is 27.2 Å². The molecule has 0 radical (unpaired) electrons. The topological polar surface area (TPSA) is 133 Å². The van der Waals surface area contributed by atoms with Gasteiger partial charge in [0.15, 0.2) is 0 Å². The van der Waals surface area contributed by atoms with Gasteiger partial charge in [0.05, 0.1) is 27.2 Å². The van der Waals surface area contributed by atoms with Crippen molar-refractivity contribution < 1.29 is 14.6 Å². The van der Waals surface area contributed by atoms with Crippen LogP contribution in [-0.2, 0) is 7.05 Å². The highest BCUT2D eigenvalue weighted by Crippen LogP contribution is 2.23. The summed E-state index contributed by atoms with van der Waals surface area (Å²) >= 11 is 0. The Hall–Kier alpha value is -3.30. The molecule has 0 aliphatic carbocycles. The van der Waals surface area contributed by atoms with E-state index in [-0.39, 0.29) is 5.56 Å². The Balaban J connectivity index is 2.38. The maximum atomic E-state index is 12.1. The van der Waals surface area contributed by atoms with Crippen LogP contribution in [0.4, 0.5) is 17.2 Å². The Labute approximate surface area is 123 Å². The Bertz CT molecular complexity index is 750. The molecule has 1 aromatic heterocycles. The lowest BCUT2D eigenvalue weighted by Gasteiger charge is -2.05. The zero-order valence-electron chi connectivity index (χ0n) is 11.6. The van der Waals surface area contributed by atoms with Crippen LogP contribution in [-0.4, -0.2) is 25.5 Å². The lowest BCUT2D eigenvalue weighted by Crippen LogP contribution is -2.15. The summed E-state index contributed by atoms with van der Waals surface area (Å²) in [7, 11) is 1.61. The maximum absolute atomic E-state index is 12.1. The van der Waals surface area contributed by atoms with Gasteiger partial charge in [-0.1, -0.05) is 0 Å². The monoisotopic (exact) mass is 305 g/mol. The van der Waals surface area contributed by atoms with E-state index in [2.05, 4.69) is 10.4 Å². The molecule has 1 aromatic carbocycles. The van der Waals surface area contributed by atoms with Gasteiger partial charge in [-0.15, -0.1) is 0 Å². The van der Waals surface area contributed by atoms with Gasteiger partial charge in [0.25, 0.3) is 17.3 Å². The molecule has 1 N–H and O–H groups in total. The first-order valence-electron chi connectivity index (χ1n) is 6.04. The van der Waals surface area contributed by atoms with E-state index in [1.165, 1.54) is 4.68 Å². The van der Waals surface area contributed by atoms with Gasteiger partial charge in [-0.25, -0.2) is 0 Å². The molecule has 0 bridgehead atoms. The first-order valence-corrected chi connectivity index (χ1v) is 6.04. The summed E-state index contributed by atoms with van der Waals surface area (Å²) in [5, 5.41) is 28.1. The molecular formula is C12H11N5O5. The molecule has 1 amide bonds. The van der Waals surface area contributed by atoms with Gasteiger partial charge in [-0.2, -0.15) is 5.10 Å². The predicted octanol–water partition coefficient (Wildman–Crippen LogP) is 1.80. The number of nitrogens with one attached hydrogen (secondary N) is 1. The lowest BCUT2D eigenvalue weighted by molar-refractivity contribution is -0.394. The van der Waals surface area contributed by atoms with Gasteiger partial charge in [0, 0.05) is 25.2 Å². The Morgan fingerprint density at radius 3 is 2.09 bits per heavy atom. The van der Waals surface area contributed by atoms with Crippen LogP contribution in [0.2, 0.25) is 0 Å². The average Bonchev–Trinajstić information content (AvgIpc) is 2.76. The highest BCUT2D eigenvalue weighted by atomic mass is 16.6. The molecule has 0 unspecified atom stereocenters. The molecule has 10 heteroatoms. The Morgan fingerprint density at radius 2 is 1.68 bits per heavy atom. The zero-order chi connectivity index (χ0) is 16.4. The summed E-state index contributed by atoms with van der Waals surface area (Å²) in [5.41, 5.74) is -0.566. The molecule has 2 rings (SSSR count). The van der Waals surface area contributed by atoms with E-state index in [1.807, 2.05) is 0 Å². The molecule has 2 aromatic rings. The van der Waals surface area contributed by atoms with Crippen LogP contribution in [0.25, 0.3) is 0 Å². The molecule has 0 saturated heterocycles. The molecule has 0 aliphatic rings. The molecule has 22 heavy (non-hydrogen) atoms.